The van der Waals surface area contributed by atoms with Gasteiger partial charge in [-0.2, -0.15) is 0 Å². The fourth-order valence-electron chi connectivity index (χ4n) is 5.12. The van der Waals surface area contributed by atoms with Crippen LogP contribution >= 0.6 is 31.9 Å². The average Bonchev–Trinajstić information content (AvgIpc) is 3.34. The number of carbonyl (C=O) groups excluding carboxylic acids is 1. The Kier molecular flexibility index (Phi) is 7.52. The Hall–Kier alpha value is -2.89. The zero-order chi connectivity index (χ0) is 27.1. The number of carbonyl (C=O) groups is 1. The Morgan fingerprint density at radius 2 is 1.87 bits per heavy atom. The standard InChI is InChI=1S/C27H27Br2FN6O2/c1-15-11-34(27(38)25-10-22-21(26(37)31-25)5-4-6-23(22)29)12-16(2)35(15)13-19-14-36(33-32-19)17(3)20-8-7-18(28)9-24(20)30/h4-10,14-17H,11-13H2,1-3H3,(H,31,37)/t15-,16+,17-/m1/s1. The lowest BCUT2D eigenvalue weighted by Crippen LogP contribution is -2.57. The molecule has 5 rings (SSSR count). The van der Waals surface area contributed by atoms with Crippen molar-refractivity contribution in [2.45, 2.75) is 45.4 Å². The molecular formula is C27H27Br2FN6O2. The molecule has 0 bridgehead atoms. The first-order valence-electron chi connectivity index (χ1n) is 12.3. The summed E-state index contributed by atoms with van der Waals surface area (Å²) < 4.78 is 17.6. The van der Waals surface area contributed by atoms with Crippen molar-refractivity contribution in [2.24, 2.45) is 0 Å². The molecule has 3 heterocycles. The summed E-state index contributed by atoms with van der Waals surface area (Å²) in [6, 6.07) is 11.9. The molecule has 1 aliphatic heterocycles. The number of pyridine rings is 1. The molecule has 0 spiro atoms. The fraction of sp³-hybridized carbons (Fsp3) is 0.333. The highest BCUT2D eigenvalue weighted by molar-refractivity contribution is 9.11. The third-order valence-electron chi connectivity index (χ3n) is 7.17. The van der Waals surface area contributed by atoms with E-state index in [1.807, 2.05) is 25.3 Å². The van der Waals surface area contributed by atoms with E-state index < -0.39 is 0 Å². The molecule has 11 heteroatoms. The van der Waals surface area contributed by atoms with Crippen molar-refractivity contribution in [1.29, 1.82) is 0 Å². The molecule has 0 saturated carbocycles. The first kappa shape index (κ1) is 26.7. The maximum Gasteiger partial charge on any atom is 0.270 e. The van der Waals surface area contributed by atoms with Crippen molar-refractivity contribution in [2.75, 3.05) is 13.1 Å². The van der Waals surface area contributed by atoms with Crippen LogP contribution in [0.3, 0.4) is 0 Å². The molecule has 198 valence electrons. The van der Waals surface area contributed by atoms with Crippen LogP contribution in [0.25, 0.3) is 10.8 Å². The minimum Gasteiger partial charge on any atom is -0.334 e. The zero-order valence-corrected chi connectivity index (χ0v) is 24.3. The number of benzene rings is 2. The number of amides is 1. The van der Waals surface area contributed by atoms with Gasteiger partial charge in [0.05, 0.1) is 17.9 Å². The summed E-state index contributed by atoms with van der Waals surface area (Å²) in [5.74, 6) is -0.499. The monoisotopic (exact) mass is 644 g/mol. The first-order valence-corrected chi connectivity index (χ1v) is 13.9. The number of hydrogen-bond donors (Lipinski definition) is 1. The van der Waals surface area contributed by atoms with Gasteiger partial charge in [0, 0.05) is 57.0 Å². The van der Waals surface area contributed by atoms with E-state index in [0.29, 0.717) is 40.4 Å². The number of fused-ring (bicyclic) bond motifs is 1. The minimum atomic E-state index is -0.308. The largest absolute Gasteiger partial charge is 0.334 e. The lowest BCUT2D eigenvalue weighted by Gasteiger charge is -2.44. The van der Waals surface area contributed by atoms with E-state index >= 15 is 0 Å². The summed E-state index contributed by atoms with van der Waals surface area (Å²) in [6.45, 7) is 7.59. The number of aromatic amines is 1. The second kappa shape index (κ2) is 10.7. The molecule has 0 aliphatic carbocycles. The second-order valence-electron chi connectivity index (χ2n) is 9.83. The highest BCUT2D eigenvalue weighted by Crippen LogP contribution is 2.26. The third-order valence-corrected chi connectivity index (χ3v) is 8.35. The highest BCUT2D eigenvalue weighted by Gasteiger charge is 2.33. The van der Waals surface area contributed by atoms with Gasteiger partial charge < -0.3 is 9.88 Å². The molecular weight excluding hydrogens is 619 g/mol. The molecule has 1 N–H and O–H groups in total. The quantitative estimate of drug-likeness (QED) is 0.325. The van der Waals surface area contributed by atoms with E-state index in [-0.39, 0.29) is 41.1 Å². The van der Waals surface area contributed by atoms with Crippen molar-refractivity contribution in [3.05, 3.63) is 90.7 Å². The zero-order valence-electron chi connectivity index (χ0n) is 21.2. The SMILES string of the molecule is C[C@@H]1CN(C(=O)c2cc3c(Br)cccc3c(=O)[nH]2)C[C@H](C)N1Cc1cn([C@H](C)c2ccc(Br)cc2F)nn1. The number of hydrogen-bond acceptors (Lipinski definition) is 5. The fourth-order valence-corrected chi connectivity index (χ4v) is 5.93. The predicted molar refractivity (Wildman–Crippen MR) is 151 cm³/mol. The van der Waals surface area contributed by atoms with Crippen LogP contribution in [-0.2, 0) is 6.54 Å². The number of aromatic nitrogens is 4. The number of nitrogens with one attached hydrogen (secondary N) is 1. The summed E-state index contributed by atoms with van der Waals surface area (Å²) >= 11 is 6.77. The lowest BCUT2D eigenvalue weighted by atomic mass is 10.1. The Bertz CT molecular complexity index is 1560. The van der Waals surface area contributed by atoms with Gasteiger partial charge in [-0.1, -0.05) is 49.2 Å². The van der Waals surface area contributed by atoms with Gasteiger partial charge in [0.2, 0.25) is 0 Å². The molecule has 4 aromatic rings. The molecule has 8 nitrogen and oxygen atoms in total. The van der Waals surface area contributed by atoms with Gasteiger partial charge in [-0.05, 0) is 51.1 Å². The lowest BCUT2D eigenvalue weighted by molar-refractivity contribution is 0.0260. The van der Waals surface area contributed by atoms with Crippen LogP contribution < -0.4 is 5.56 Å². The summed E-state index contributed by atoms with van der Waals surface area (Å²) in [4.78, 5) is 32.8. The van der Waals surface area contributed by atoms with Crippen LogP contribution in [0.15, 0.2) is 62.4 Å². The molecule has 2 aromatic carbocycles. The van der Waals surface area contributed by atoms with Gasteiger partial charge in [-0.3, -0.25) is 14.5 Å². The van der Waals surface area contributed by atoms with Crippen molar-refractivity contribution in [3.8, 4) is 0 Å². The number of piperazine rings is 1. The summed E-state index contributed by atoms with van der Waals surface area (Å²) in [5, 5.41) is 9.83. The smallest absolute Gasteiger partial charge is 0.270 e. The summed E-state index contributed by atoms with van der Waals surface area (Å²) in [6.07, 6.45) is 1.85. The van der Waals surface area contributed by atoms with E-state index in [1.165, 1.54) is 6.07 Å². The first-order chi connectivity index (χ1) is 18.1. The van der Waals surface area contributed by atoms with Crippen molar-refractivity contribution in [3.63, 3.8) is 0 Å². The van der Waals surface area contributed by atoms with Crippen LogP contribution in [0.5, 0.6) is 0 Å². The van der Waals surface area contributed by atoms with E-state index in [4.69, 9.17) is 0 Å². The molecule has 0 radical (unpaired) electrons. The summed E-state index contributed by atoms with van der Waals surface area (Å²) in [7, 11) is 0. The minimum absolute atomic E-state index is 0.0492. The van der Waals surface area contributed by atoms with Crippen LogP contribution in [-0.4, -0.2) is 60.9 Å². The van der Waals surface area contributed by atoms with E-state index in [2.05, 4.69) is 65.9 Å². The van der Waals surface area contributed by atoms with Gasteiger partial charge in [0.15, 0.2) is 0 Å². The number of nitrogens with zero attached hydrogens (tertiary/aromatic N) is 5. The Balaban J connectivity index is 1.29. The maximum absolute atomic E-state index is 14.5. The van der Waals surface area contributed by atoms with Crippen LogP contribution in [0.2, 0.25) is 0 Å². The van der Waals surface area contributed by atoms with E-state index in [0.717, 1.165) is 10.2 Å². The van der Waals surface area contributed by atoms with Gasteiger partial charge in [-0.25, -0.2) is 9.07 Å². The van der Waals surface area contributed by atoms with Crippen LogP contribution in [0, 0.1) is 5.82 Å². The average molecular weight is 646 g/mol. The van der Waals surface area contributed by atoms with Crippen molar-refractivity contribution >= 4 is 48.5 Å². The highest BCUT2D eigenvalue weighted by atomic mass is 79.9. The molecule has 0 unspecified atom stereocenters. The number of rotatable bonds is 5. The van der Waals surface area contributed by atoms with Crippen molar-refractivity contribution < 1.29 is 9.18 Å². The number of H-pyrrole nitrogens is 1. The van der Waals surface area contributed by atoms with E-state index in [9.17, 15) is 14.0 Å². The van der Waals surface area contributed by atoms with Gasteiger partial charge >= 0.3 is 0 Å². The molecule has 3 atom stereocenters. The van der Waals surface area contributed by atoms with Gasteiger partial charge in [-0.15, -0.1) is 5.10 Å². The topological polar surface area (TPSA) is 87.1 Å². The molecule has 1 amide bonds. The van der Waals surface area contributed by atoms with Crippen LogP contribution in [0.1, 0.15) is 48.6 Å². The van der Waals surface area contributed by atoms with Gasteiger partial charge in [0.25, 0.3) is 11.5 Å². The molecule has 1 saturated heterocycles. The van der Waals surface area contributed by atoms with Crippen molar-refractivity contribution in [1.82, 2.24) is 29.8 Å². The summed E-state index contributed by atoms with van der Waals surface area (Å²) in [5.41, 5.74) is 1.31. The maximum atomic E-state index is 14.5. The molecule has 1 fully saturated rings. The second-order valence-corrected chi connectivity index (χ2v) is 11.6. The predicted octanol–water partition coefficient (Wildman–Crippen LogP) is 5.13. The number of halogens is 3. The molecule has 1 aliphatic rings. The normalized spacial score (nSPS) is 19.2. The Morgan fingerprint density at radius 3 is 2.58 bits per heavy atom. The van der Waals surface area contributed by atoms with E-state index in [1.54, 1.807) is 33.8 Å². The van der Waals surface area contributed by atoms with Crippen LogP contribution in [0.4, 0.5) is 4.39 Å². The van der Waals surface area contributed by atoms with Gasteiger partial charge in [0.1, 0.15) is 11.5 Å². The Morgan fingerprint density at radius 1 is 1.13 bits per heavy atom. The molecule has 38 heavy (non-hydrogen) atoms. The Labute approximate surface area is 236 Å². The molecule has 2 aromatic heterocycles. The third kappa shape index (κ3) is 5.19.